The zero-order valence-electron chi connectivity index (χ0n) is 18.2. The molecular formula is C25H17Cl2N3O4S. The first-order valence-corrected chi connectivity index (χ1v) is 11.8. The SMILES string of the molecule is Cc1c(Cl)cccc1NC(=O)C(=O)NN=Cc1ccccc1OC(=O)c1sc2ccccc2c1Cl. The molecule has 0 unspecified atom stereocenters. The molecule has 0 bridgehead atoms. The number of carbonyl (C=O) groups is 3. The quantitative estimate of drug-likeness (QED) is 0.113. The molecule has 0 saturated carbocycles. The van der Waals surface area contributed by atoms with Crippen molar-refractivity contribution >= 4 is 74.3 Å². The molecule has 1 heterocycles. The smallest absolute Gasteiger partial charge is 0.355 e. The summed E-state index contributed by atoms with van der Waals surface area (Å²) in [5.74, 6) is -2.29. The number of para-hydroxylation sites is 1. The summed E-state index contributed by atoms with van der Waals surface area (Å²) in [5, 5.41) is 7.86. The van der Waals surface area contributed by atoms with Crippen molar-refractivity contribution in [3.63, 3.8) is 0 Å². The van der Waals surface area contributed by atoms with E-state index in [1.54, 1.807) is 49.4 Å². The molecule has 0 radical (unpaired) electrons. The maximum Gasteiger partial charge on any atom is 0.355 e. The fraction of sp³-hybridized carbons (Fsp3) is 0.0400. The molecule has 2 N–H and O–H groups in total. The van der Waals surface area contributed by atoms with E-state index in [-0.39, 0.29) is 10.6 Å². The molecule has 4 rings (SSSR count). The minimum absolute atomic E-state index is 0.211. The molecule has 10 heteroatoms. The van der Waals surface area contributed by atoms with Gasteiger partial charge in [0.2, 0.25) is 0 Å². The number of halogens is 2. The predicted octanol–water partition coefficient (Wildman–Crippen LogP) is 5.82. The van der Waals surface area contributed by atoms with E-state index in [0.717, 1.165) is 10.1 Å². The summed E-state index contributed by atoms with van der Waals surface area (Å²) in [5.41, 5.74) is 3.61. The van der Waals surface area contributed by atoms with E-state index in [0.29, 0.717) is 26.9 Å². The number of thiophene rings is 1. The summed E-state index contributed by atoms with van der Waals surface area (Å²) < 4.78 is 6.41. The van der Waals surface area contributed by atoms with Crippen LogP contribution in [0.25, 0.3) is 10.1 Å². The number of hydrogen-bond acceptors (Lipinski definition) is 6. The van der Waals surface area contributed by atoms with Crippen molar-refractivity contribution in [2.75, 3.05) is 5.32 Å². The molecule has 0 atom stereocenters. The number of rotatable bonds is 5. The molecule has 0 aliphatic carbocycles. The number of esters is 1. The molecule has 4 aromatic rings. The zero-order chi connectivity index (χ0) is 24.9. The molecule has 0 saturated heterocycles. The van der Waals surface area contributed by atoms with Gasteiger partial charge in [-0.05, 0) is 42.8 Å². The highest BCUT2D eigenvalue weighted by Gasteiger charge is 2.20. The van der Waals surface area contributed by atoms with Gasteiger partial charge in [0.25, 0.3) is 0 Å². The number of anilines is 1. The van der Waals surface area contributed by atoms with Gasteiger partial charge >= 0.3 is 17.8 Å². The van der Waals surface area contributed by atoms with Crippen LogP contribution in [0.5, 0.6) is 5.75 Å². The van der Waals surface area contributed by atoms with Crippen LogP contribution in [0.1, 0.15) is 20.8 Å². The lowest BCUT2D eigenvalue weighted by atomic mass is 10.2. The monoisotopic (exact) mass is 525 g/mol. The van der Waals surface area contributed by atoms with Gasteiger partial charge in [-0.1, -0.05) is 59.6 Å². The normalized spacial score (nSPS) is 10.9. The lowest BCUT2D eigenvalue weighted by Gasteiger charge is -2.08. The second kappa shape index (κ2) is 10.7. The Labute approximate surface area is 214 Å². The van der Waals surface area contributed by atoms with E-state index >= 15 is 0 Å². The third-order valence-corrected chi connectivity index (χ3v) is 7.00. The van der Waals surface area contributed by atoms with Crippen LogP contribution in [0.4, 0.5) is 5.69 Å². The molecule has 0 aliphatic rings. The van der Waals surface area contributed by atoms with Gasteiger partial charge in [-0.15, -0.1) is 11.3 Å². The minimum atomic E-state index is -0.979. The molecule has 3 aromatic carbocycles. The lowest BCUT2D eigenvalue weighted by molar-refractivity contribution is -0.136. The topological polar surface area (TPSA) is 96.9 Å². The van der Waals surface area contributed by atoms with Crippen LogP contribution < -0.4 is 15.5 Å². The molecule has 0 aliphatic heterocycles. The summed E-state index contributed by atoms with van der Waals surface area (Å²) in [6.07, 6.45) is 1.27. The lowest BCUT2D eigenvalue weighted by Crippen LogP contribution is -2.32. The number of nitrogens with zero attached hydrogens (tertiary/aromatic N) is 1. The van der Waals surface area contributed by atoms with Crippen molar-refractivity contribution in [3.8, 4) is 5.75 Å². The Morgan fingerprint density at radius 3 is 2.49 bits per heavy atom. The highest BCUT2D eigenvalue weighted by atomic mass is 35.5. The van der Waals surface area contributed by atoms with Crippen LogP contribution in [0.15, 0.2) is 71.8 Å². The molecule has 7 nitrogen and oxygen atoms in total. The van der Waals surface area contributed by atoms with Crippen molar-refractivity contribution < 1.29 is 19.1 Å². The summed E-state index contributed by atoms with van der Waals surface area (Å²) in [6, 6.07) is 19.0. The van der Waals surface area contributed by atoms with Gasteiger partial charge in [-0.3, -0.25) is 9.59 Å². The first kappa shape index (κ1) is 24.4. The average molecular weight is 526 g/mol. The number of fused-ring (bicyclic) bond motifs is 1. The van der Waals surface area contributed by atoms with E-state index in [1.165, 1.54) is 17.6 Å². The van der Waals surface area contributed by atoms with Gasteiger partial charge in [-0.25, -0.2) is 10.2 Å². The third kappa shape index (κ3) is 5.51. The molecule has 0 spiro atoms. The maximum absolute atomic E-state index is 12.8. The maximum atomic E-state index is 12.8. The van der Waals surface area contributed by atoms with E-state index < -0.39 is 17.8 Å². The van der Waals surface area contributed by atoms with E-state index in [4.69, 9.17) is 27.9 Å². The van der Waals surface area contributed by atoms with Gasteiger partial charge in [0.1, 0.15) is 10.6 Å². The van der Waals surface area contributed by atoms with Gasteiger partial charge < -0.3 is 10.1 Å². The zero-order valence-corrected chi connectivity index (χ0v) is 20.5. The second-order valence-corrected chi connectivity index (χ2v) is 9.07. The minimum Gasteiger partial charge on any atom is -0.422 e. The van der Waals surface area contributed by atoms with Crippen LogP contribution >= 0.6 is 34.5 Å². The number of amides is 2. The van der Waals surface area contributed by atoms with Gasteiger partial charge in [0.15, 0.2) is 0 Å². The largest absolute Gasteiger partial charge is 0.422 e. The molecular weight excluding hydrogens is 509 g/mol. The standard InChI is InChI=1S/C25H17Cl2N3O4S/c1-14-17(26)9-6-10-18(14)29-23(31)24(32)30-28-13-15-7-2-4-11-19(15)34-25(33)22-21(27)16-8-3-5-12-20(16)35-22/h2-13H,1H3,(H,29,31)(H,30,32). The highest BCUT2D eigenvalue weighted by molar-refractivity contribution is 7.21. The Kier molecular flexibility index (Phi) is 7.45. The van der Waals surface area contributed by atoms with Crippen LogP contribution in [-0.2, 0) is 9.59 Å². The van der Waals surface area contributed by atoms with Gasteiger partial charge in [-0.2, -0.15) is 5.10 Å². The van der Waals surface area contributed by atoms with Gasteiger partial charge in [0.05, 0.1) is 11.2 Å². The van der Waals surface area contributed by atoms with Crippen LogP contribution in [0.2, 0.25) is 10.0 Å². The van der Waals surface area contributed by atoms with Crippen LogP contribution in [0.3, 0.4) is 0 Å². The summed E-state index contributed by atoms with van der Waals surface area (Å²) in [7, 11) is 0. The first-order chi connectivity index (χ1) is 16.8. The Balaban J connectivity index is 1.43. The Bertz CT molecular complexity index is 1480. The van der Waals surface area contributed by atoms with Gasteiger partial charge in [0, 0.05) is 26.4 Å². The molecule has 0 fully saturated rings. The van der Waals surface area contributed by atoms with Crippen molar-refractivity contribution in [1.82, 2.24) is 5.43 Å². The van der Waals surface area contributed by atoms with Crippen LogP contribution in [0, 0.1) is 6.92 Å². The average Bonchev–Trinajstić information content (AvgIpc) is 3.19. The fourth-order valence-electron chi connectivity index (χ4n) is 3.10. The van der Waals surface area contributed by atoms with E-state index in [1.807, 2.05) is 24.3 Å². The Morgan fingerprint density at radius 2 is 1.69 bits per heavy atom. The first-order valence-electron chi connectivity index (χ1n) is 10.2. The number of hydrogen-bond donors (Lipinski definition) is 2. The summed E-state index contributed by atoms with van der Waals surface area (Å²) in [6.45, 7) is 1.72. The molecule has 1 aromatic heterocycles. The summed E-state index contributed by atoms with van der Waals surface area (Å²) >= 11 is 13.6. The number of ether oxygens (including phenoxy) is 1. The van der Waals surface area contributed by atoms with Crippen molar-refractivity contribution in [2.24, 2.45) is 5.10 Å². The van der Waals surface area contributed by atoms with Crippen molar-refractivity contribution in [1.29, 1.82) is 0 Å². The third-order valence-electron chi connectivity index (χ3n) is 4.93. The number of benzene rings is 3. The number of carbonyl (C=O) groups excluding carboxylic acids is 3. The van der Waals surface area contributed by atoms with Crippen molar-refractivity contribution in [3.05, 3.63) is 92.8 Å². The Hall–Kier alpha value is -3.72. The van der Waals surface area contributed by atoms with E-state index in [2.05, 4.69) is 15.8 Å². The van der Waals surface area contributed by atoms with Crippen LogP contribution in [-0.4, -0.2) is 24.0 Å². The predicted molar refractivity (Wildman–Crippen MR) is 139 cm³/mol. The molecule has 176 valence electrons. The van der Waals surface area contributed by atoms with Crippen molar-refractivity contribution in [2.45, 2.75) is 6.92 Å². The second-order valence-electron chi connectivity index (χ2n) is 7.23. The summed E-state index contributed by atoms with van der Waals surface area (Å²) in [4.78, 5) is 37.4. The van der Waals surface area contributed by atoms with E-state index in [9.17, 15) is 14.4 Å². The fourth-order valence-corrected chi connectivity index (χ4v) is 4.66. The Morgan fingerprint density at radius 1 is 0.943 bits per heavy atom. The number of nitrogens with one attached hydrogen (secondary N) is 2. The highest BCUT2D eigenvalue weighted by Crippen LogP contribution is 2.36. The molecule has 2 amide bonds. The molecule has 35 heavy (non-hydrogen) atoms. The number of hydrazone groups is 1.